The molecule has 0 saturated heterocycles. The third-order valence-corrected chi connectivity index (χ3v) is 5.74. The molecule has 0 radical (unpaired) electrons. The highest BCUT2D eigenvalue weighted by molar-refractivity contribution is 5.37. The maximum absolute atomic E-state index is 4.03. The molecular weight excluding hydrogens is 254 g/mol. The zero-order valence-corrected chi connectivity index (χ0v) is 14.0. The molecule has 1 fully saturated rings. The van der Waals surface area contributed by atoms with E-state index in [4.69, 9.17) is 0 Å². The normalized spacial score (nSPS) is 31.1. The molecule has 0 heterocycles. The van der Waals surface area contributed by atoms with E-state index in [1.165, 1.54) is 44.9 Å². The van der Waals surface area contributed by atoms with E-state index in [0.29, 0.717) is 11.5 Å². The van der Waals surface area contributed by atoms with Crippen LogP contribution in [0.15, 0.2) is 24.3 Å². The van der Waals surface area contributed by atoms with Crippen molar-refractivity contribution in [3.8, 4) is 0 Å². The maximum Gasteiger partial charge on any atom is 0.0379 e. The third kappa shape index (κ3) is 3.18. The van der Waals surface area contributed by atoms with E-state index in [1.807, 2.05) is 0 Å². The maximum atomic E-state index is 4.03. The summed E-state index contributed by atoms with van der Waals surface area (Å²) in [5.74, 6) is 0.997. The molecule has 0 amide bonds. The molecule has 1 heteroatoms. The van der Waals surface area contributed by atoms with Crippen molar-refractivity contribution in [3.63, 3.8) is 0 Å². The Kier molecular flexibility index (Phi) is 4.40. The van der Waals surface area contributed by atoms with Crippen LogP contribution in [0.4, 0.5) is 0 Å². The van der Waals surface area contributed by atoms with Crippen molar-refractivity contribution in [1.29, 1.82) is 0 Å². The Morgan fingerprint density at radius 1 is 1.10 bits per heavy atom. The fraction of sp³-hybridized carbons (Fsp3) is 0.700. The Bertz CT molecular complexity index is 468. The number of hydrogen-bond donors (Lipinski definition) is 1. The topological polar surface area (TPSA) is 12.0 Å². The zero-order chi connectivity index (χ0) is 14.9. The van der Waals surface area contributed by atoms with Crippen molar-refractivity contribution < 1.29 is 0 Å². The van der Waals surface area contributed by atoms with Gasteiger partial charge in [0, 0.05) is 12.1 Å². The Labute approximate surface area is 130 Å². The molecule has 3 rings (SSSR count). The summed E-state index contributed by atoms with van der Waals surface area (Å²) in [5.41, 5.74) is 3.46. The van der Waals surface area contributed by atoms with Crippen molar-refractivity contribution in [1.82, 2.24) is 5.32 Å². The molecule has 0 spiro atoms. The fourth-order valence-electron chi connectivity index (χ4n) is 4.57. The lowest BCUT2D eigenvalue weighted by Gasteiger charge is -2.36. The first-order valence-corrected chi connectivity index (χ1v) is 8.94. The fourth-order valence-corrected chi connectivity index (χ4v) is 4.57. The van der Waals surface area contributed by atoms with Gasteiger partial charge in [-0.05, 0) is 54.6 Å². The van der Waals surface area contributed by atoms with Gasteiger partial charge in [-0.2, -0.15) is 0 Å². The molecule has 2 aliphatic carbocycles. The Morgan fingerprint density at radius 3 is 2.52 bits per heavy atom. The van der Waals surface area contributed by atoms with Crippen LogP contribution in [0.3, 0.4) is 0 Å². The van der Waals surface area contributed by atoms with Crippen LogP contribution in [-0.4, -0.2) is 6.04 Å². The molecule has 1 unspecified atom stereocenters. The minimum atomic E-state index is 0.351. The van der Waals surface area contributed by atoms with Crippen molar-refractivity contribution >= 4 is 0 Å². The summed E-state index contributed by atoms with van der Waals surface area (Å²) in [6.45, 7) is 7.17. The number of fused-ring (bicyclic) bond motifs is 1. The van der Waals surface area contributed by atoms with Crippen LogP contribution in [0.2, 0.25) is 0 Å². The second-order valence-electron chi connectivity index (χ2n) is 7.97. The molecule has 116 valence electrons. The molecular formula is C20H31N. The lowest BCUT2D eigenvalue weighted by Crippen LogP contribution is -2.40. The van der Waals surface area contributed by atoms with Gasteiger partial charge >= 0.3 is 0 Å². The van der Waals surface area contributed by atoms with Crippen LogP contribution in [-0.2, 0) is 6.42 Å². The first-order chi connectivity index (χ1) is 10.1. The molecule has 1 aromatic carbocycles. The Balaban J connectivity index is 1.65. The van der Waals surface area contributed by atoms with E-state index in [0.717, 1.165) is 12.0 Å². The minimum absolute atomic E-state index is 0.351. The standard InChI is InChI=1S/C20H31N/c1-4-7-15-10-12-17(13-11-15)21-19-18-9-6-5-8-16(18)14-20(19,2)3/h5-6,8-9,15,17,19,21H,4,7,10-14H2,1-3H3. The molecule has 1 saturated carbocycles. The van der Waals surface area contributed by atoms with Crippen molar-refractivity contribution in [3.05, 3.63) is 35.4 Å². The van der Waals surface area contributed by atoms with Gasteiger partial charge in [-0.3, -0.25) is 0 Å². The summed E-state index contributed by atoms with van der Waals surface area (Å²) in [4.78, 5) is 0. The Hall–Kier alpha value is -0.820. The summed E-state index contributed by atoms with van der Waals surface area (Å²) in [7, 11) is 0. The first-order valence-electron chi connectivity index (χ1n) is 8.94. The van der Waals surface area contributed by atoms with E-state index >= 15 is 0 Å². The van der Waals surface area contributed by atoms with Crippen LogP contribution in [0.5, 0.6) is 0 Å². The Morgan fingerprint density at radius 2 is 1.81 bits per heavy atom. The highest BCUT2D eigenvalue weighted by Gasteiger charge is 2.39. The molecule has 1 N–H and O–H groups in total. The molecule has 2 aliphatic rings. The summed E-state index contributed by atoms with van der Waals surface area (Å²) < 4.78 is 0. The predicted octanol–water partition coefficient (Wildman–Crippen LogP) is 5.26. The van der Waals surface area contributed by atoms with Gasteiger partial charge in [-0.25, -0.2) is 0 Å². The van der Waals surface area contributed by atoms with Gasteiger partial charge < -0.3 is 5.32 Å². The minimum Gasteiger partial charge on any atom is -0.307 e. The summed E-state index contributed by atoms with van der Waals surface area (Å²) in [6, 6.07) is 10.3. The molecule has 0 aromatic heterocycles. The lowest BCUT2D eigenvalue weighted by molar-refractivity contribution is 0.204. The smallest absolute Gasteiger partial charge is 0.0379 e. The van der Waals surface area contributed by atoms with Crippen molar-refractivity contribution in [2.45, 2.75) is 77.8 Å². The largest absolute Gasteiger partial charge is 0.307 e. The quantitative estimate of drug-likeness (QED) is 0.796. The van der Waals surface area contributed by atoms with Gasteiger partial charge in [0.25, 0.3) is 0 Å². The van der Waals surface area contributed by atoms with Crippen LogP contribution < -0.4 is 5.32 Å². The number of rotatable bonds is 4. The second-order valence-corrected chi connectivity index (χ2v) is 7.97. The molecule has 21 heavy (non-hydrogen) atoms. The number of nitrogens with one attached hydrogen (secondary N) is 1. The summed E-state index contributed by atoms with van der Waals surface area (Å²) in [6.07, 6.45) is 9.61. The molecule has 0 aliphatic heterocycles. The van der Waals surface area contributed by atoms with Crippen LogP contribution in [0.1, 0.15) is 76.5 Å². The summed E-state index contributed by atoms with van der Waals surface area (Å²) in [5, 5.41) is 4.03. The summed E-state index contributed by atoms with van der Waals surface area (Å²) >= 11 is 0. The zero-order valence-electron chi connectivity index (χ0n) is 14.0. The van der Waals surface area contributed by atoms with E-state index in [9.17, 15) is 0 Å². The molecule has 1 atom stereocenters. The number of hydrogen-bond acceptors (Lipinski definition) is 1. The van der Waals surface area contributed by atoms with Gasteiger partial charge in [0.15, 0.2) is 0 Å². The van der Waals surface area contributed by atoms with E-state index < -0.39 is 0 Å². The monoisotopic (exact) mass is 285 g/mol. The average molecular weight is 285 g/mol. The average Bonchev–Trinajstić information content (AvgIpc) is 2.72. The SMILES string of the molecule is CCCC1CCC(NC2c3ccccc3CC2(C)C)CC1. The van der Waals surface area contributed by atoms with Gasteiger partial charge in [0.05, 0.1) is 0 Å². The van der Waals surface area contributed by atoms with Crippen LogP contribution in [0, 0.1) is 11.3 Å². The van der Waals surface area contributed by atoms with Gasteiger partial charge in [-0.1, -0.05) is 57.9 Å². The van der Waals surface area contributed by atoms with Gasteiger partial charge in [0.1, 0.15) is 0 Å². The van der Waals surface area contributed by atoms with Crippen molar-refractivity contribution in [2.24, 2.45) is 11.3 Å². The first kappa shape index (κ1) is 15.1. The van der Waals surface area contributed by atoms with Crippen LogP contribution in [0.25, 0.3) is 0 Å². The predicted molar refractivity (Wildman–Crippen MR) is 90.5 cm³/mol. The molecule has 1 aromatic rings. The van der Waals surface area contributed by atoms with Gasteiger partial charge in [0.2, 0.25) is 0 Å². The van der Waals surface area contributed by atoms with E-state index in [-0.39, 0.29) is 0 Å². The third-order valence-electron chi connectivity index (χ3n) is 5.74. The second kappa shape index (κ2) is 6.12. The number of benzene rings is 1. The van der Waals surface area contributed by atoms with Gasteiger partial charge in [-0.15, -0.1) is 0 Å². The highest BCUT2D eigenvalue weighted by atomic mass is 15.0. The van der Waals surface area contributed by atoms with Crippen molar-refractivity contribution in [2.75, 3.05) is 0 Å². The highest BCUT2D eigenvalue weighted by Crippen LogP contribution is 2.46. The van der Waals surface area contributed by atoms with E-state index in [1.54, 1.807) is 11.1 Å². The van der Waals surface area contributed by atoms with E-state index in [2.05, 4.69) is 50.4 Å². The van der Waals surface area contributed by atoms with Crippen LogP contribution >= 0.6 is 0 Å². The molecule has 0 bridgehead atoms. The molecule has 1 nitrogen and oxygen atoms in total. The lowest BCUT2D eigenvalue weighted by atomic mass is 9.81.